The molecule has 0 saturated carbocycles. The fourth-order valence-corrected chi connectivity index (χ4v) is 2.42. The Balaban J connectivity index is 1.97. The molecular weight excluding hydrogens is 265 g/mol. The van der Waals surface area contributed by atoms with Gasteiger partial charge in [0, 0.05) is 23.8 Å². The highest BCUT2D eigenvalue weighted by Gasteiger charge is 2.11. The predicted molar refractivity (Wildman–Crippen MR) is 84.6 cm³/mol. The van der Waals surface area contributed by atoms with E-state index in [9.17, 15) is 4.39 Å². The van der Waals surface area contributed by atoms with Gasteiger partial charge in [-0.1, -0.05) is 29.8 Å². The molecule has 0 radical (unpaired) electrons. The van der Waals surface area contributed by atoms with Crippen LogP contribution < -0.4 is 11.1 Å². The lowest BCUT2D eigenvalue weighted by atomic mass is 10.1. The first-order chi connectivity index (χ1) is 10.1. The minimum atomic E-state index is -0.383. The topological polar surface area (TPSA) is 50.9 Å². The number of anilines is 2. The summed E-state index contributed by atoms with van der Waals surface area (Å²) in [6, 6.07) is 13.1. The summed E-state index contributed by atoms with van der Waals surface area (Å²) in [6.45, 7) is 2.57. The largest absolute Gasteiger partial charge is 0.398 e. The maximum Gasteiger partial charge on any atom is 0.150 e. The highest BCUT2D eigenvalue weighted by atomic mass is 19.1. The molecule has 0 aliphatic rings. The molecule has 3 rings (SSSR count). The second-order valence-electron chi connectivity index (χ2n) is 5.06. The fourth-order valence-electron chi connectivity index (χ4n) is 2.42. The summed E-state index contributed by atoms with van der Waals surface area (Å²) in [4.78, 5) is 4.25. The number of aryl methyl sites for hydroxylation is 1. The quantitative estimate of drug-likeness (QED) is 0.716. The minimum Gasteiger partial charge on any atom is -0.398 e. The maximum absolute atomic E-state index is 14.2. The average molecular weight is 281 g/mol. The predicted octanol–water partition coefficient (Wildman–Crippen LogP) is 3.88. The Bertz CT molecular complexity index is 799. The Labute approximate surface area is 122 Å². The Kier molecular flexibility index (Phi) is 3.44. The van der Waals surface area contributed by atoms with E-state index in [0.29, 0.717) is 23.4 Å². The van der Waals surface area contributed by atoms with E-state index in [1.165, 1.54) is 11.6 Å². The van der Waals surface area contributed by atoms with Crippen LogP contribution >= 0.6 is 0 Å². The van der Waals surface area contributed by atoms with Crippen molar-refractivity contribution in [2.75, 3.05) is 11.1 Å². The van der Waals surface area contributed by atoms with E-state index < -0.39 is 0 Å². The van der Waals surface area contributed by atoms with Gasteiger partial charge in [-0.2, -0.15) is 0 Å². The van der Waals surface area contributed by atoms with E-state index in [4.69, 9.17) is 5.73 Å². The molecule has 0 atom stereocenters. The molecule has 0 aliphatic heterocycles. The van der Waals surface area contributed by atoms with Gasteiger partial charge in [0.15, 0.2) is 5.82 Å². The molecule has 0 amide bonds. The summed E-state index contributed by atoms with van der Waals surface area (Å²) in [5.74, 6) is -0.383. The molecule has 106 valence electrons. The van der Waals surface area contributed by atoms with Gasteiger partial charge in [0.25, 0.3) is 0 Å². The van der Waals surface area contributed by atoms with Gasteiger partial charge in [-0.25, -0.2) is 4.39 Å². The second-order valence-corrected chi connectivity index (χ2v) is 5.06. The van der Waals surface area contributed by atoms with Crippen molar-refractivity contribution in [3.8, 4) is 0 Å². The highest BCUT2D eigenvalue weighted by Crippen LogP contribution is 2.29. The number of nitrogen functional groups attached to an aromatic ring is 1. The average Bonchev–Trinajstić information content (AvgIpc) is 2.47. The van der Waals surface area contributed by atoms with Crippen LogP contribution in [0, 0.1) is 12.7 Å². The molecule has 21 heavy (non-hydrogen) atoms. The van der Waals surface area contributed by atoms with Gasteiger partial charge >= 0.3 is 0 Å². The molecule has 0 fully saturated rings. The molecule has 0 saturated heterocycles. The number of hydrogen-bond acceptors (Lipinski definition) is 3. The van der Waals surface area contributed by atoms with Gasteiger partial charge in [-0.15, -0.1) is 0 Å². The van der Waals surface area contributed by atoms with Crippen molar-refractivity contribution in [1.82, 2.24) is 4.98 Å². The van der Waals surface area contributed by atoms with Gasteiger partial charge in [-0.05, 0) is 30.7 Å². The first-order valence-electron chi connectivity index (χ1n) is 6.77. The number of hydrogen-bond donors (Lipinski definition) is 2. The summed E-state index contributed by atoms with van der Waals surface area (Å²) in [7, 11) is 0. The summed E-state index contributed by atoms with van der Waals surface area (Å²) in [5.41, 5.74) is 9.46. The Hall–Kier alpha value is -2.62. The Morgan fingerprint density at radius 1 is 1.19 bits per heavy atom. The molecule has 0 aliphatic carbocycles. The van der Waals surface area contributed by atoms with Gasteiger partial charge < -0.3 is 11.1 Å². The number of halogens is 1. The molecule has 1 aromatic heterocycles. The highest BCUT2D eigenvalue weighted by molar-refractivity contribution is 5.98. The molecule has 2 aromatic carbocycles. The summed E-state index contributed by atoms with van der Waals surface area (Å²) in [5, 5.41) is 3.89. The van der Waals surface area contributed by atoms with Gasteiger partial charge in [0.1, 0.15) is 0 Å². The van der Waals surface area contributed by atoms with Crippen molar-refractivity contribution in [3.63, 3.8) is 0 Å². The molecule has 4 heteroatoms. The van der Waals surface area contributed by atoms with Crippen molar-refractivity contribution in [1.29, 1.82) is 0 Å². The lowest BCUT2D eigenvalue weighted by molar-refractivity contribution is 0.632. The Morgan fingerprint density at radius 2 is 2.05 bits per heavy atom. The lowest BCUT2D eigenvalue weighted by Crippen LogP contribution is -2.04. The third-order valence-electron chi connectivity index (χ3n) is 3.43. The number of fused-ring (bicyclic) bond motifs is 1. The van der Waals surface area contributed by atoms with Crippen LogP contribution in [0.1, 0.15) is 11.1 Å². The summed E-state index contributed by atoms with van der Waals surface area (Å²) < 4.78 is 14.2. The number of nitrogens with two attached hydrogens (primary N) is 1. The zero-order chi connectivity index (χ0) is 14.8. The number of benzene rings is 2. The van der Waals surface area contributed by atoms with Crippen molar-refractivity contribution >= 4 is 22.3 Å². The van der Waals surface area contributed by atoms with Crippen LogP contribution in [0.15, 0.2) is 48.7 Å². The summed E-state index contributed by atoms with van der Waals surface area (Å²) >= 11 is 0. The van der Waals surface area contributed by atoms with Crippen molar-refractivity contribution < 1.29 is 4.39 Å². The van der Waals surface area contributed by atoms with Crippen molar-refractivity contribution in [3.05, 3.63) is 65.6 Å². The van der Waals surface area contributed by atoms with Crippen LogP contribution in [0.2, 0.25) is 0 Å². The maximum atomic E-state index is 14.2. The molecule has 3 nitrogen and oxygen atoms in total. The smallest absolute Gasteiger partial charge is 0.150 e. The lowest BCUT2D eigenvalue weighted by Gasteiger charge is -2.12. The van der Waals surface area contributed by atoms with Gasteiger partial charge in [-0.3, -0.25) is 4.98 Å². The summed E-state index contributed by atoms with van der Waals surface area (Å²) in [6.07, 6.45) is 1.64. The van der Waals surface area contributed by atoms with E-state index in [-0.39, 0.29) is 5.82 Å². The molecule has 3 N–H and O–H groups in total. The number of nitrogens with zero attached hydrogens (tertiary/aromatic N) is 1. The third-order valence-corrected chi connectivity index (χ3v) is 3.43. The first kappa shape index (κ1) is 13.4. The SMILES string of the molecule is Cc1cccc(CNc2c(F)cc(N)c3cccnc23)c1. The van der Waals surface area contributed by atoms with Crippen LogP contribution in [0.4, 0.5) is 15.8 Å². The molecule has 3 aromatic rings. The van der Waals surface area contributed by atoms with Crippen molar-refractivity contribution in [2.45, 2.75) is 13.5 Å². The van der Waals surface area contributed by atoms with E-state index >= 15 is 0 Å². The molecule has 0 bridgehead atoms. The first-order valence-corrected chi connectivity index (χ1v) is 6.77. The second kappa shape index (κ2) is 5.40. The molecule has 0 unspecified atom stereocenters. The van der Waals surface area contributed by atoms with Crippen LogP contribution in [0.5, 0.6) is 0 Å². The van der Waals surface area contributed by atoms with Crippen LogP contribution in [-0.2, 0) is 6.54 Å². The van der Waals surface area contributed by atoms with Crippen molar-refractivity contribution in [2.24, 2.45) is 0 Å². The zero-order valence-corrected chi connectivity index (χ0v) is 11.7. The third kappa shape index (κ3) is 2.65. The fraction of sp³-hybridized carbons (Fsp3) is 0.118. The van der Waals surface area contributed by atoms with E-state index in [0.717, 1.165) is 10.9 Å². The minimum absolute atomic E-state index is 0.383. The molecule has 1 heterocycles. The number of aromatic nitrogens is 1. The standard InChI is InChI=1S/C17H16FN3/c1-11-4-2-5-12(8-11)10-21-17-14(18)9-15(19)13-6-3-7-20-16(13)17/h2-9,21H,10,19H2,1H3. The number of rotatable bonds is 3. The normalized spacial score (nSPS) is 10.8. The molecular formula is C17H16FN3. The van der Waals surface area contributed by atoms with E-state index in [2.05, 4.69) is 16.4 Å². The molecule has 0 spiro atoms. The van der Waals surface area contributed by atoms with Gasteiger partial charge in [0.05, 0.1) is 11.2 Å². The Morgan fingerprint density at radius 3 is 2.86 bits per heavy atom. The number of nitrogens with one attached hydrogen (secondary N) is 1. The van der Waals surface area contributed by atoms with E-state index in [1.54, 1.807) is 12.3 Å². The zero-order valence-electron chi connectivity index (χ0n) is 11.7. The van der Waals surface area contributed by atoms with Crippen LogP contribution in [0.25, 0.3) is 10.9 Å². The van der Waals surface area contributed by atoms with E-state index in [1.807, 2.05) is 31.2 Å². The number of pyridine rings is 1. The monoisotopic (exact) mass is 281 g/mol. The van der Waals surface area contributed by atoms with Crippen LogP contribution in [-0.4, -0.2) is 4.98 Å². The van der Waals surface area contributed by atoms with Crippen LogP contribution in [0.3, 0.4) is 0 Å². The van der Waals surface area contributed by atoms with Gasteiger partial charge in [0.2, 0.25) is 0 Å².